The minimum absolute atomic E-state index is 0.990. The number of hydrogen-bond acceptors (Lipinski definition) is 2. The van der Waals surface area contributed by atoms with Crippen molar-refractivity contribution in [1.29, 1.82) is 0 Å². The molecule has 0 aliphatic carbocycles. The predicted molar refractivity (Wildman–Crippen MR) is 228 cm³/mol. The van der Waals surface area contributed by atoms with Crippen molar-refractivity contribution in [3.05, 3.63) is 205 Å². The third kappa shape index (κ3) is 5.74. The molecule has 0 fully saturated rings. The normalized spacial score (nSPS) is 14.0. The Hall–Kier alpha value is -6.16. The molecule has 8 aromatic rings. The summed E-state index contributed by atoms with van der Waals surface area (Å²) < 4.78 is 0. The van der Waals surface area contributed by atoms with Gasteiger partial charge in [-0.15, -0.1) is 0 Å². The Balaban J connectivity index is 1.23. The van der Waals surface area contributed by atoms with Gasteiger partial charge in [0.25, 0.3) is 0 Å². The molecule has 0 saturated heterocycles. The molecule has 0 amide bonds. The summed E-state index contributed by atoms with van der Waals surface area (Å²) in [6.07, 6.45) is 4.28. The van der Waals surface area contributed by atoms with Gasteiger partial charge < -0.3 is 0 Å². The van der Waals surface area contributed by atoms with Gasteiger partial charge in [-0.05, 0) is 89.6 Å². The average Bonchev–Trinajstić information content (AvgIpc) is 3.55. The summed E-state index contributed by atoms with van der Waals surface area (Å²) in [5.74, 6) is 0. The second kappa shape index (κ2) is 13.8. The molecular weight excluding hydrogens is 657 g/mol. The number of benzene rings is 6. The van der Waals surface area contributed by atoms with Gasteiger partial charge >= 0.3 is 0 Å². The molecule has 2 nitrogen and oxygen atoms in total. The van der Waals surface area contributed by atoms with E-state index in [1.807, 2.05) is 0 Å². The van der Waals surface area contributed by atoms with Crippen molar-refractivity contribution < 1.29 is 0 Å². The van der Waals surface area contributed by atoms with E-state index >= 15 is 0 Å². The van der Waals surface area contributed by atoms with E-state index in [9.17, 15) is 0 Å². The molecule has 254 valence electrons. The van der Waals surface area contributed by atoms with Crippen molar-refractivity contribution in [1.82, 2.24) is 9.97 Å². The van der Waals surface area contributed by atoms with Crippen LogP contribution in [-0.2, 0) is 0 Å². The molecular formula is C50H40N2Si. The Bertz CT molecular complexity index is 2470. The molecule has 3 heteroatoms. The summed E-state index contributed by atoms with van der Waals surface area (Å²) in [6, 6.07) is 63.6. The molecule has 2 aromatic heterocycles. The van der Waals surface area contributed by atoms with Crippen molar-refractivity contribution >= 4 is 51.2 Å². The maximum atomic E-state index is 5.18. The van der Waals surface area contributed by atoms with Crippen LogP contribution in [0.15, 0.2) is 182 Å². The van der Waals surface area contributed by atoms with E-state index in [4.69, 9.17) is 9.97 Å². The lowest BCUT2D eigenvalue weighted by atomic mass is 9.89. The monoisotopic (exact) mass is 696 g/mol. The number of nitrogens with zero attached hydrogens (tertiary/aromatic N) is 2. The summed E-state index contributed by atoms with van der Waals surface area (Å²) >= 11 is 0. The van der Waals surface area contributed by atoms with Crippen LogP contribution in [0.1, 0.15) is 36.1 Å². The largest absolute Gasteiger partial charge is 0.256 e. The average molecular weight is 697 g/mol. The van der Waals surface area contributed by atoms with Gasteiger partial charge in [0.2, 0.25) is 0 Å². The van der Waals surface area contributed by atoms with Crippen molar-refractivity contribution in [2.24, 2.45) is 0 Å². The third-order valence-electron chi connectivity index (χ3n) is 11.2. The summed E-state index contributed by atoms with van der Waals surface area (Å²) in [4.78, 5) is 10.4. The van der Waals surface area contributed by atoms with Gasteiger partial charge in [-0.25, -0.2) is 0 Å². The SMILES string of the molecule is CC[Si]1(CC)C(c2ccc(-c3ccc4ccccc4c3)nc2)=C(c2ccccc2)C(c2ccccc2)=C1c1ccc(-c2ccc3ccccc3c2)nc1. The van der Waals surface area contributed by atoms with E-state index in [1.165, 1.54) is 65.3 Å². The molecule has 0 radical (unpaired) electrons. The van der Waals surface area contributed by atoms with E-state index in [0.717, 1.165) is 34.6 Å². The van der Waals surface area contributed by atoms with Gasteiger partial charge in [0.1, 0.15) is 8.07 Å². The van der Waals surface area contributed by atoms with Crippen molar-refractivity contribution in [3.8, 4) is 22.5 Å². The number of aromatic nitrogens is 2. The smallest absolute Gasteiger partial charge is 0.121 e. The maximum Gasteiger partial charge on any atom is 0.121 e. The van der Waals surface area contributed by atoms with Crippen LogP contribution in [0.4, 0.5) is 0 Å². The fourth-order valence-electron chi connectivity index (χ4n) is 8.56. The summed E-state index contributed by atoms with van der Waals surface area (Å²) in [6.45, 7) is 4.81. The highest BCUT2D eigenvalue weighted by molar-refractivity contribution is 7.14. The van der Waals surface area contributed by atoms with Crippen LogP contribution >= 0.6 is 0 Å². The summed E-state index contributed by atoms with van der Waals surface area (Å²) in [5, 5.41) is 7.88. The minimum Gasteiger partial charge on any atom is -0.256 e. The Morgan fingerprint density at radius 2 is 0.736 bits per heavy atom. The van der Waals surface area contributed by atoms with E-state index < -0.39 is 8.07 Å². The number of allylic oxidation sites excluding steroid dienone is 2. The molecule has 0 saturated carbocycles. The first-order valence-electron chi connectivity index (χ1n) is 18.7. The van der Waals surface area contributed by atoms with Gasteiger partial charge in [0.05, 0.1) is 11.4 Å². The first kappa shape index (κ1) is 32.7. The van der Waals surface area contributed by atoms with Crippen LogP contribution in [0.2, 0.25) is 12.1 Å². The molecule has 0 atom stereocenters. The molecule has 53 heavy (non-hydrogen) atoms. The standard InChI is InChI=1S/C50H40N2Si/c1-3-53(4-2)49(43-27-29-45(51-33-43)41-25-23-35-15-11-13-21-39(35)31-41)47(37-17-7-5-8-18-37)48(38-19-9-6-10-20-38)50(53)44-28-30-46(52-34-44)42-26-24-36-16-12-14-22-40(36)32-42/h5-34H,3-4H2,1-2H3. The van der Waals surface area contributed by atoms with Crippen LogP contribution in [-0.4, -0.2) is 18.0 Å². The molecule has 6 aromatic carbocycles. The zero-order valence-electron chi connectivity index (χ0n) is 30.1. The second-order valence-corrected chi connectivity index (χ2v) is 18.6. The zero-order valence-corrected chi connectivity index (χ0v) is 31.1. The highest BCUT2D eigenvalue weighted by Crippen LogP contribution is 2.58. The topological polar surface area (TPSA) is 25.8 Å². The molecule has 0 N–H and O–H groups in total. The second-order valence-electron chi connectivity index (χ2n) is 14.0. The lowest BCUT2D eigenvalue weighted by Gasteiger charge is -2.32. The Morgan fingerprint density at radius 1 is 0.358 bits per heavy atom. The van der Waals surface area contributed by atoms with Crippen molar-refractivity contribution in [2.45, 2.75) is 25.9 Å². The fraction of sp³-hybridized carbons (Fsp3) is 0.0800. The Morgan fingerprint density at radius 3 is 1.11 bits per heavy atom. The lowest BCUT2D eigenvalue weighted by Crippen LogP contribution is -2.35. The van der Waals surface area contributed by atoms with Crippen LogP contribution in [0.25, 0.3) is 65.6 Å². The zero-order chi connectivity index (χ0) is 35.8. The van der Waals surface area contributed by atoms with E-state index in [2.05, 4.69) is 196 Å². The molecule has 0 spiro atoms. The molecule has 9 rings (SSSR count). The molecule has 3 heterocycles. The maximum absolute atomic E-state index is 5.18. The number of fused-ring (bicyclic) bond motifs is 2. The van der Waals surface area contributed by atoms with E-state index in [-0.39, 0.29) is 0 Å². The number of hydrogen-bond donors (Lipinski definition) is 0. The lowest BCUT2D eigenvalue weighted by molar-refractivity contribution is 1.27. The molecule has 1 aliphatic rings. The quantitative estimate of drug-likeness (QED) is 0.148. The van der Waals surface area contributed by atoms with Crippen LogP contribution in [0, 0.1) is 0 Å². The third-order valence-corrected chi connectivity index (χ3v) is 16.6. The first-order chi connectivity index (χ1) is 26.2. The minimum atomic E-state index is -2.40. The van der Waals surface area contributed by atoms with Gasteiger partial charge in [-0.3, -0.25) is 9.97 Å². The van der Waals surface area contributed by atoms with Crippen LogP contribution in [0.5, 0.6) is 0 Å². The Labute approximate surface area is 312 Å². The highest BCUT2D eigenvalue weighted by atomic mass is 28.3. The predicted octanol–water partition coefficient (Wildman–Crippen LogP) is 13.2. The molecule has 0 bridgehead atoms. The first-order valence-corrected chi connectivity index (χ1v) is 21.1. The molecule has 0 unspecified atom stereocenters. The molecule has 1 aliphatic heterocycles. The highest BCUT2D eigenvalue weighted by Gasteiger charge is 2.48. The number of rotatable bonds is 8. The van der Waals surface area contributed by atoms with Crippen molar-refractivity contribution in [3.63, 3.8) is 0 Å². The van der Waals surface area contributed by atoms with Crippen LogP contribution < -0.4 is 0 Å². The van der Waals surface area contributed by atoms with Crippen molar-refractivity contribution in [2.75, 3.05) is 0 Å². The van der Waals surface area contributed by atoms with Gasteiger partial charge in [0.15, 0.2) is 0 Å². The number of pyridine rings is 2. The van der Waals surface area contributed by atoms with Crippen LogP contribution in [0.3, 0.4) is 0 Å². The van der Waals surface area contributed by atoms with Gasteiger partial charge in [0, 0.05) is 23.5 Å². The fourth-order valence-corrected chi connectivity index (χ4v) is 13.6. The van der Waals surface area contributed by atoms with E-state index in [1.54, 1.807) is 0 Å². The summed E-state index contributed by atoms with van der Waals surface area (Å²) in [5.41, 5.74) is 11.8. The van der Waals surface area contributed by atoms with Gasteiger partial charge in [-0.1, -0.05) is 172 Å². The summed E-state index contributed by atoms with van der Waals surface area (Å²) in [7, 11) is -2.40. The van der Waals surface area contributed by atoms with E-state index in [0.29, 0.717) is 0 Å². The van der Waals surface area contributed by atoms with Gasteiger partial charge in [-0.2, -0.15) is 0 Å². The Kier molecular flexibility index (Phi) is 8.50.